The number of hydrogen-bond donors (Lipinski definition) is 1. The first-order chi connectivity index (χ1) is 11.9. The summed E-state index contributed by atoms with van der Waals surface area (Å²) in [5.41, 5.74) is 10.3. The molecular weight excluding hydrogens is 334 g/mol. The number of carbonyl (C=O) groups excluding carboxylic acids is 1. The van der Waals surface area contributed by atoms with Gasteiger partial charge in [0.2, 0.25) is 0 Å². The molecule has 5 nitrogen and oxygen atoms in total. The molecule has 0 amide bonds. The van der Waals surface area contributed by atoms with Crippen LogP contribution in [0.25, 0.3) is 21.3 Å². The molecule has 2 heterocycles. The van der Waals surface area contributed by atoms with Crippen molar-refractivity contribution in [2.75, 3.05) is 5.73 Å². The zero-order chi connectivity index (χ0) is 17.7. The van der Waals surface area contributed by atoms with Gasteiger partial charge in [0.25, 0.3) is 5.56 Å². The Balaban J connectivity index is 2.02. The Hall–Kier alpha value is -2.99. The average molecular weight is 349 g/mol. The molecule has 0 radical (unpaired) electrons. The lowest BCUT2D eigenvalue weighted by atomic mass is 10.1. The van der Waals surface area contributed by atoms with Crippen LogP contribution >= 0.6 is 11.3 Å². The van der Waals surface area contributed by atoms with E-state index in [0.29, 0.717) is 16.3 Å². The standard InChI is InChI=1S/C19H15N3O2S/c1-10-7-15-16(8-11(10)2)25-19-21-18(24)14(17(20)22(15)19)9-12-3-5-13(23)6-4-12/h3-9H,20H2,1-2H3. The maximum absolute atomic E-state index is 12.4. The van der Waals surface area contributed by atoms with Crippen molar-refractivity contribution in [3.8, 4) is 0 Å². The first kappa shape index (κ1) is 15.5. The molecular formula is C19H15N3O2S. The lowest BCUT2D eigenvalue weighted by Gasteiger charge is -2.07. The Kier molecular flexibility index (Phi) is 3.43. The van der Waals surface area contributed by atoms with Gasteiger partial charge in [0.15, 0.2) is 10.7 Å². The number of nitrogens with zero attached hydrogens (tertiary/aromatic N) is 2. The number of aromatic nitrogens is 2. The van der Waals surface area contributed by atoms with Crippen LogP contribution in [-0.4, -0.2) is 15.2 Å². The van der Waals surface area contributed by atoms with Gasteiger partial charge in [0.1, 0.15) is 5.82 Å². The summed E-state index contributed by atoms with van der Waals surface area (Å²) < 4.78 is 2.86. The zero-order valence-electron chi connectivity index (χ0n) is 13.7. The van der Waals surface area contributed by atoms with Crippen molar-refractivity contribution in [1.82, 2.24) is 9.38 Å². The van der Waals surface area contributed by atoms with E-state index in [4.69, 9.17) is 5.73 Å². The molecule has 2 N–H and O–H groups in total. The minimum Gasteiger partial charge on any atom is -0.384 e. The fraction of sp³-hybridized carbons (Fsp3) is 0.105. The fourth-order valence-corrected chi connectivity index (χ4v) is 3.93. The Morgan fingerprint density at radius 1 is 1.08 bits per heavy atom. The molecule has 4 rings (SSSR count). The van der Waals surface area contributed by atoms with Gasteiger partial charge in [0, 0.05) is 0 Å². The molecule has 1 aliphatic rings. The van der Waals surface area contributed by atoms with Gasteiger partial charge in [-0.1, -0.05) is 23.5 Å². The minimum atomic E-state index is -0.372. The second-order valence-corrected chi connectivity index (χ2v) is 7.06. The van der Waals surface area contributed by atoms with E-state index < -0.39 is 0 Å². The molecule has 25 heavy (non-hydrogen) atoms. The van der Waals surface area contributed by atoms with Crippen molar-refractivity contribution in [2.24, 2.45) is 0 Å². The monoisotopic (exact) mass is 349 g/mol. The van der Waals surface area contributed by atoms with Crippen LogP contribution in [-0.2, 0) is 4.79 Å². The first-order valence-corrected chi connectivity index (χ1v) is 8.59. The van der Waals surface area contributed by atoms with Crippen LogP contribution in [0.2, 0.25) is 0 Å². The Morgan fingerprint density at radius 2 is 1.76 bits per heavy atom. The molecule has 1 aliphatic carbocycles. The molecule has 0 aliphatic heterocycles. The summed E-state index contributed by atoms with van der Waals surface area (Å²) in [4.78, 5) is 28.5. The van der Waals surface area contributed by atoms with E-state index in [1.54, 1.807) is 18.2 Å². The maximum Gasteiger partial charge on any atom is 0.283 e. The van der Waals surface area contributed by atoms with Crippen molar-refractivity contribution >= 4 is 44.2 Å². The number of hydrogen-bond acceptors (Lipinski definition) is 5. The zero-order valence-corrected chi connectivity index (χ0v) is 14.6. The lowest BCUT2D eigenvalue weighted by Crippen LogP contribution is -2.16. The molecule has 0 bridgehead atoms. The van der Waals surface area contributed by atoms with Crippen molar-refractivity contribution in [3.63, 3.8) is 0 Å². The largest absolute Gasteiger partial charge is 0.384 e. The number of thiazole rings is 1. The summed E-state index contributed by atoms with van der Waals surface area (Å²) in [6.45, 7) is 4.10. The third kappa shape index (κ3) is 2.51. The summed E-state index contributed by atoms with van der Waals surface area (Å²) in [5.74, 6) is 0.279. The predicted molar refractivity (Wildman–Crippen MR) is 102 cm³/mol. The molecule has 1 aromatic carbocycles. The number of nitrogens with two attached hydrogens (primary N) is 1. The highest BCUT2D eigenvalue weighted by Crippen LogP contribution is 2.30. The van der Waals surface area contributed by atoms with Crippen LogP contribution in [0.5, 0.6) is 0 Å². The molecule has 0 atom stereocenters. The number of fused-ring (bicyclic) bond motifs is 3. The second-order valence-electron chi connectivity index (χ2n) is 6.05. The third-order valence-electron chi connectivity index (χ3n) is 4.34. The van der Waals surface area contributed by atoms with E-state index in [2.05, 4.69) is 24.0 Å². The third-order valence-corrected chi connectivity index (χ3v) is 5.35. The van der Waals surface area contributed by atoms with E-state index in [-0.39, 0.29) is 11.3 Å². The van der Waals surface area contributed by atoms with Crippen LogP contribution in [0.1, 0.15) is 16.7 Å². The highest BCUT2D eigenvalue weighted by molar-refractivity contribution is 7.23. The van der Waals surface area contributed by atoms with Gasteiger partial charge in [-0.05, 0) is 60.9 Å². The lowest BCUT2D eigenvalue weighted by molar-refractivity contribution is -0.110. The number of nitrogen functional groups attached to an aromatic ring is 1. The smallest absolute Gasteiger partial charge is 0.283 e. The Bertz CT molecular complexity index is 1190. The van der Waals surface area contributed by atoms with E-state index in [1.165, 1.54) is 29.1 Å². The summed E-state index contributed by atoms with van der Waals surface area (Å²) in [7, 11) is 0. The highest BCUT2D eigenvalue weighted by atomic mass is 32.1. The van der Waals surface area contributed by atoms with Crippen LogP contribution in [0, 0.1) is 13.8 Å². The van der Waals surface area contributed by atoms with Gasteiger partial charge in [-0.2, -0.15) is 4.98 Å². The van der Waals surface area contributed by atoms with Crippen LogP contribution in [0.15, 0.2) is 46.8 Å². The van der Waals surface area contributed by atoms with Gasteiger partial charge < -0.3 is 5.73 Å². The number of rotatable bonds is 1. The summed E-state index contributed by atoms with van der Waals surface area (Å²) in [5, 5.41) is 0. The SMILES string of the molecule is Cc1cc2sc3nc(=O)c(C=C4C=CC(=O)C=C4)c(N)n3c2cc1C. The topological polar surface area (TPSA) is 77.5 Å². The van der Waals surface area contributed by atoms with Gasteiger partial charge in [-0.25, -0.2) is 0 Å². The molecule has 3 aromatic rings. The van der Waals surface area contributed by atoms with Crippen LogP contribution < -0.4 is 11.3 Å². The van der Waals surface area contributed by atoms with Gasteiger partial charge in [-0.3, -0.25) is 14.0 Å². The quantitative estimate of drug-likeness (QED) is 0.732. The molecule has 0 saturated carbocycles. The van der Waals surface area contributed by atoms with Gasteiger partial charge in [0.05, 0.1) is 15.8 Å². The minimum absolute atomic E-state index is 0.0786. The second kappa shape index (κ2) is 5.53. The normalized spacial score (nSPS) is 14.0. The van der Waals surface area contributed by atoms with Crippen molar-refractivity contribution < 1.29 is 4.79 Å². The summed E-state index contributed by atoms with van der Waals surface area (Å²) in [6, 6.07) is 4.15. The van der Waals surface area contributed by atoms with E-state index in [1.807, 2.05) is 11.3 Å². The molecule has 0 unspecified atom stereocenters. The van der Waals surface area contributed by atoms with E-state index in [9.17, 15) is 9.59 Å². The number of ketones is 1. The fourth-order valence-electron chi connectivity index (χ4n) is 2.83. The molecule has 2 aromatic heterocycles. The Morgan fingerprint density at radius 3 is 2.48 bits per heavy atom. The van der Waals surface area contributed by atoms with Crippen molar-refractivity contribution in [1.29, 1.82) is 0 Å². The van der Waals surface area contributed by atoms with E-state index in [0.717, 1.165) is 21.4 Å². The molecule has 124 valence electrons. The van der Waals surface area contributed by atoms with Crippen molar-refractivity contribution in [3.05, 3.63) is 69.1 Å². The number of anilines is 1. The molecule has 6 heteroatoms. The number of benzene rings is 1. The average Bonchev–Trinajstić information content (AvgIpc) is 2.90. The first-order valence-electron chi connectivity index (χ1n) is 7.78. The van der Waals surface area contributed by atoms with Gasteiger partial charge >= 0.3 is 0 Å². The number of allylic oxidation sites excluding steroid dienone is 5. The molecule has 0 saturated heterocycles. The predicted octanol–water partition coefficient (Wildman–Crippen LogP) is 3.19. The van der Waals surface area contributed by atoms with E-state index >= 15 is 0 Å². The number of carbonyl (C=O) groups is 1. The number of aryl methyl sites for hydroxylation is 2. The maximum atomic E-state index is 12.4. The summed E-state index contributed by atoms with van der Waals surface area (Å²) in [6.07, 6.45) is 7.90. The molecule has 0 spiro atoms. The van der Waals surface area contributed by atoms with Gasteiger partial charge in [-0.15, -0.1) is 0 Å². The summed E-state index contributed by atoms with van der Waals surface area (Å²) >= 11 is 1.45. The highest BCUT2D eigenvalue weighted by Gasteiger charge is 2.15. The molecule has 0 fully saturated rings. The van der Waals surface area contributed by atoms with Crippen LogP contribution in [0.4, 0.5) is 5.82 Å². The van der Waals surface area contributed by atoms with Crippen molar-refractivity contribution in [2.45, 2.75) is 13.8 Å². The van der Waals surface area contributed by atoms with Crippen LogP contribution in [0.3, 0.4) is 0 Å². The Labute approximate surface area is 147 Å².